The molecule has 0 saturated carbocycles. The minimum atomic E-state index is -1.75. The Labute approximate surface area is 152 Å². The Bertz CT molecular complexity index is 523. The molecule has 4 N–H and O–H groups in total. The molecule has 0 radical (unpaired) electrons. The minimum Gasteiger partial charge on any atom is -0.542 e. The summed E-state index contributed by atoms with van der Waals surface area (Å²) < 4.78 is 5.00. The first-order valence-electron chi connectivity index (χ1n) is 6.20. The van der Waals surface area contributed by atoms with Gasteiger partial charge in [-0.15, -0.1) is 0 Å². The first-order valence-corrected chi connectivity index (χ1v) is 6.20. The molecule has 0 aromatic heterocycles. The van der Waals surface area contributed by atoms with Crippen LogP contribution in [0.25, 0.3) is 10.4 Å². The van der Waals surface area contributed by atoms with Crippen LogP contribution in [0.5, 0.6) is 0 Å². The fourth-order valence-corrected chi connectivity index (χ4v) is 2.00. The topological polar surface area (TPSA) is 188 Å². The molecule has 23 heavy (non-hydrogen) atoms. The van der Waals surface area contributed by atoms with Gasteiger partial charge in [-0.05, 0) is 11.6 Å². The summed E-state index contributed by atoms with van der Waals surface area (Å²) in [5, 5.41) is 44.9. The van der Waals surface area contributed by atoms with Crippen molar-refractivity contribution in [3.63, 3.8) is 0 Å². The van der Waals surface area contributed by atoms with Gasteiger partial charge < -0.3 is 35.3 Å². The van der Waals surface area contributed by atoms with E-state index in [1.807, 2.05) is 0 Å². The maximum absolute atomic E-state index is 11.2. The molecule has 0 aliphatic carbocycles. The van der Waals surface area contributed by atoms with E-state index in [0.717, 1.165) is 13.0 Å². The number of hydrogen-bond donors (Lipinski definition) is 4. The first-order chi connectivity index (χ1) is 10.3. The smallest absolute Gasteiger partial charge is 0.542 e. The predicted molar refractivity (Wildman–Crippen MR) is 67.6 cm³/mol. The van der Waals surface area contributed by atoms with E-state index in [4.69, 9.17) is 15.4 Å². The van der Waals surface area contributed by atoms with Crippen LogP contribution in [0.2, 0.25) is 0 Å². The molecule has 5 atom stereocenters. The van der Waals surface area contributed by atoms with Crippen LogP contribution in [0.1, 0.15) is 6.92 Å². The minimum absolute atomic E-state index is 0. The van der Waals surface area contributed by atoms with E-state index in [-0.39, 0.29) is 29.6 Å². The number of nitrogens with zero attached hydrogens (tertiary/aromatic N) is 3. The van der Waals surface area contributed by atoms with Gasteiger partial charge in [-0.25, -0.2) is 0 Å². The zero-order chi connectivity index (χ0) is 16.9. The van der Waals surface area contributed by atoms with Gasteiger partial charge in [0.1, 0.15) is 30.0 Å². The number of hydrogen-bond acceptors (Lipinski definition) is 8. The number of aliphatic carboxylic acids is 1. The zero-order valence-electron chi connectivity index (χ0n) is 12.5. The summed E-state index contributed by atoms with van der Waals surface area (Å²) in [6, 6.07) is -2.34. The monoisotopic (exact) mass is 338 g/mol. The van der Waals surface area contributed by atoms with Crippen molar-refractivity contribution < 1.29 is 64.3 Å². The fourth-order valence-electron chi connectivity index (χ4n) is 2.00. The van der Waals surface area contributed by atoms with Crippen LogP contribution < -0.4 is 40.0 Å². The molecule has 0 fully saturated rings. The summed E-state index contributed by atoms with van der Waals surface area (Å²) in [7, 11) is 0. The van der Waals surface area contributed by atoms with Crippen molar-refractivity contribution in [2.24, 2.45) is 5.11 Å². The van der Waals surface area contributed by atoms with E-state index in [1.54, 1.807) is 0 Å². The molecule has 11 nitrogen and oxygen atoms in total. The third-order valence-corrected chi connectivity index (χ3v) is 2.98. The standard InChI is InChI=1S/C11H16N4O7.Na/c1-4(17)13-8-5(14-15-12)2-7(11(20)21)22-10(8)9(19)6(18)3-16;/h2,5-6,8-10,16,18-19H,3H2,1H3,(H,13,17)(H,20,21);/q;+1/p-1/t5-,6+,8+,9+,10+;/m0./s1. The Balaban J connectivity index is 0.00000484. The number of nitrogens with one attached hydrogen (secondary N) is 1. The molecular weight excluding hydrogens is 323 g/mol. The van der Waals surface area contributed by atoms with Crippen molar-refractivity contribution in [1.29, 1.82) is 0 Å². The van der Waals surface area contributed by atoms with Crippen LogP contribution in [0.4, 0.5) is 0 Å². The van der Waals surface area contributed by atoms with Crippen LogP contribution in [-0.4, -0.2) is 64.2 Å². The fraction of sp³-hybridized carbons (Fsp3) is 0.636. The number of carbonyl (C=O) groups is 2. The predicted octanol–water partition coefficient (Wildman–Crippen LogP) is -6.08. The van der Waals surface area contributed by atoms with Gasteiger partial charge in [0.25, 0.3) is 0 Å². The van der Waals surface area contributed by atoms with Crippen LogP contribution in [-0.2, 0) is 14.3 Å². The number of aliphatic hydroxyl groups excluding tert-OH is 3. The quantitative estimate of drug-likeness (QED) is 0.160. The average molecular weight is 338 g/mol. The average Bonchev–Trinajstić information content (AvgIpc) is 2.46. The van der Waals surface area contributed by atoms with E-state index in [2.05, 4.69) is 15.3 Å². The molecular formula is C11H15N4NaO7. The molecule has 1 aliphatic rings. The molecule has 12 heteroatoms. The van der Waals surface area contributed by atoms with Crippen molar-refractivity contribution in [2.45, 2.75) is 37.3 Å². The molecule has 0 bridgehead atoms. The number of amides is 1. The maximum atomic E-state index is 11.2. The van der Waals surface area contributed by atoms with Gasteiger partial charge in [0.05, 0.1) is 18.7 Å². The number of carboxylic acid groups (broad SMARTS) is 1. The molecule has 1 aliphatic heterocycles. The number of carboxylic acids is 1. The van der Waals surface area contributed by atoms with Crippen molar-refractivity contribution in [3.05, 3.63) is 22.3 Å². The van der Waals surface area contributed by atoms with Crippen molar-refractivity contribution in [3.8, 4) is 0 Å². The van der Waals surface area contributed by atoms with Gasteiger partial charge in [-0.3, -0.25) is 4.79 Å². The van der Waals surface area contributed by atoms with Crippen molar-refractivity contribution >= 4 is 11.9 Å². The largest absolute Gasteiger partial charge is 1.00 e. The summed E-state index contributed by atoms with van der Waals surface area (Å²) in [4.78, 5) is 24.7. The number of rotatable bonds is 6. The Hall–Kier alpha value is -1.33. The number of carbonyl (C=O) groups excluding carboxylic acids is 2. The van der Waals surface area contributed by atoms with Gasteiger partial charge in [-0.2, -0.15) is 0 Å². The van der Waals surface area contributed by atoms with Crippen LogP contribution in [0, 0.1) is 0 Å². The normalized spacial score (nSPS) is 25.6. The first kappa shape index (κ1) is 21.7. The number of aliphatic hydroxyl groups is 3. The SMILES string of the molecule is CC(=O)N[C@H]1[C@H]([C@H](O)[C@H](O)CO)OC(C(=O)[O-])=C[C@@H]1N=[N+]=[N-].[Na+]. The maximum Gasteiger partial charge on any atom is 1.00 e. The molecule has 0 unspecified atom stereocenters. The Morgan fingerprint density at radius 3 is 2.61 bits per heavy atom. The van der Waals surface area contributed by atoms with E-state index in [9.17, 15) is 24.9 Å². The molecule has 0 aromatic carbocycles. The third kappa shape index (κ3) is 5.66. The third-order valence-electron chi connectivity index (χ3n) is 2.98. The Kier molecular flexibility index (Phi) is 9.17. The summed E-state index contributed by atoms with van der Waals surface area (Å²) >= 11 is 0. The Morgan fingerprint density at radius 2 is 2.17 bits per heavy atom. The van der Waals surface area contributed by atoms with Crippen molar-refractivity contribution in [1.82, 2.24) is 5.32 Å². The van der Waals surface area contributed by atoms with Gasteiger partial charge >= 0.3 is 29.6 Å². The van der Waals surface area contributed by atoms with Gasteiger partial charge in [0.15, 0.2) is 0 Å². The summed E-state index contributed by atoms with van der Waals surface area (Å²) in [6.45, 7) is 0.321. The molecule has 1 heterocycles. The van der Waals surface area contributed by atoms with Crippen LogP contribution in [0.3, 0.4) is 0 Å². The van der Waals surface area contributed by atoms with E-state index in [0.29, 0.717) is 0 Å². The van der Waals surface area contributed by atoms with Crippen LogP contribution in [0.15, 0.2) is 16.9 Å². The summed E-state index contributed by atoms with van der Waals surface area (Å²) in [5.41, 5.74) is 8.54. The van der Waals surface area contributed by atoms with Crippen LogP contribution >= 0.6 is 0 Å². The van der Waals surface area contributed by atoms with Gasteiger partial charge in [-0.1, -0.05) is 5.11 Å². The summed E-state index contributed by atoms with van der Waals surface area (Å²) in [5.74, 6) is -3.00. The number of ether oxygens (including phenoxy) is 1. The van der Waals surface area contributed by atoms with Gasteiger partial charge in [0.2, 0.25) is 5.91 Å². The molecule has 1 rings (SSSR count). The second-order valence-corrected chi connectivity index (χ2v) is 4.56. The molecule has 0 spiro atoms. The molecule has 122 valence electrons. The Morgan fingerprint density at radius 1 is 1.57 bits per heavy atom. The number of azide groups is 1. The second kappa shape index (κ2) is 9.73. The van der Waals surface area contributed by atoms with E-state index < -0.39 is 54.6 Å². The zero-order valence-corrected chi connectivity index (χ0v) is 14.5. The molecule has 0 saturated heterocycles. The van der Waals surface area contributed by atoms with Crippen molar-refractivity contribution in [2.75, 3.05) is 6.61 Å². The summed E-state index contributed by atoms with van der Waals surface area (Å²) in [6.07, 6.45) is -3.96. The molecule has 0 aromatic rings. The van der Waals surface area contributed by atoms with E-state index >= 15 is 0 Å². The van der Waals surface area contributed by atoms with Gasteiger partial charge in [0, 0.05) is 11.8 Å². The second-order valence-electron chi connectivity index (χ2n) is 4.56. The van der Waals surface area contributed by atoms with E-state index in [1.165, 1.54) is 0 Å². The molecule has 1 amide bonds.